The largest absolute Gasteiger partial charge is 0.463 e. The minimum Gasteiger partial charge on any atom is -0.463 e. The lowest BCUT2D eigenvalue weighted by atomic mass is 9.99. The molecule has 0 saturated carbocycles. The topological polar surface area (TPSA) is 50.4 Å². The maximum atomic E-state index is 14.4. The molecule has 1 aromatic carbocycles. The number of hydrogen-bond acceptors (Lipinski definition) is 4. The maximum Gasteiger partial charge on any atom is 0.152 e. The van der Waals surface area contributed by atoms with Gasteiger partial charge in [0, 0.05) is 30.9 Å². The molecule has 0 spiro atoms. The van der Waals surface area contributed by atoms with Crippen molar-refractivity contribution in [3.63, 3.8) is 0 Å². The molecule has 0 unspecified atom stereocenters. The van der Waals surface area contributed by atoms with Gasteiger partial charge in [0.15, 0.2) is 5.76 Å². The van der Waals surface area contributed by atoms with E-state index in [1.54, 1.807) is 37.7 Å². The molecular formula is C19H18FN3O. The van der Waals surface area contributed by atoms with E-state index in [0.29, 0.717) is 29.4 Å². The van der Waals surface area contributed by atoms with Gasteiger partial charge in [-0.05, 0) is 36.8 Å². The third kappa shape index (κ3) is 3.06. The molecule has 3 aromatic rings. The highest BCUT2D eigenvalue weighted by atomic mass is 19.1. The Morgan fingerprint density at radius 2 is 2.04 bits per heavy atom. The maximum absolute atomic E-state index is 14.4. The molecular weight excluding hydrogens is 305 g/mol. The monoisotopic (exact) mass is 323 g/mol. The molecule has 3 rings (SSSR count). The molecule has 0 atom stereocenters. The molecule has 2 aromatic heterocycles. The zero-order chi connectivity index (χ0) is 16.9. The Morgan fingerprint density at radius 3 is 2.71 bits per heavy atom. The fourth-order valence-corrected chi connectivity index (χ4v) is 2.57. The normalized spacial score (nSPS) is 11.1. The van der Waals surface area contributed by atoms with E-state index in [4.69, 9.17) is 4.42 Å². The van der Waals surface area contributed by atoms with Crippen LogP contribution in [0.15, 0.2) is 58.1 Å². The van der Waals surface area contributed by atoms with Gasteiger partial charge in [0.1, 0.15) is 17.3 Å². The van der Waals surface area contributed by atoms with Crippen molar-refractivity contribution >= 4 is 12.0 Å². The van der Waals surface area contributed by atoms with Crippen LogP contribution in [-0.4, -0.2) is 24.8 Å². The summed E-state index contributed by atoms with van der Waals surface area (Å²) in [5.74, 6) is 0.990. The summed E-state index contributed by atoms with van der Waals surface area (Å²) < 4.78 is 19.8. The average molecular weight is 323 g/mol. The number of halogens is 1. The van der Waals surface area contributed by atoms with Crippen molar-refractivity contribution in [1.29, 1.82) is 0 Å². The number of anilines is 1. The minimum absolute atomic E-state index is 0.290. The Labute approximate surface area is 140 Å². The van der Waals surface area contributed by atoms with E-state index in [2.05, 4.69) is 15.3 Å². The molecule has 0 radical (unpaired) electrons. The van der Waals surface area contributed by atoms with Crippen LogP contribution in [0.1, 0.15) is 12.5 Å². The molecule has 0 amide bonds. The van der Waals surface area contributed by atoms with Gasteiger partial charge >= 0.3 is 0 Å². The van der Waals surface area contributed by atoms with Crippen molar-refractivity contribution in [2.45, 2.75) is 6.92 Å². The number of nitrogens with one attached hydrogen (secondary N) is 1. The summed E-state index contributed by atoms with van der Waals surface area (Å²) in [6, 6.07) is 12.1. The Bertz CT molecular complexity index is 857. The number of furan rings is 1. The number of pyridine rings is 1. The second kappa shape index (κ2) is 7.08. The molecule has 0 bridgehead atoms. The van der Waals surface area contributed by atoms with E-state index in [9.17, 15) is 4.39 Å². The third-order valence-corrected chi connectivity index (χ3v) is 3.60. The predicted molar refractivity (Wildman–Crippen MR) is 95.0 cm³/mol. The van der Waals surface area contributed by atoms with Crippen LogP contribution in [-0.2, 0) is 0 Å². The van der Waals surface area contributed by atoms with Crippen LogP contribution < -0.4 is 5.32 Å². The van der Waals surface area contributed by atoms with Crippen LogP contribution in [0.25, 0.3) is 22.6 Å². The highest BCUT2D eigenvalue weighted by Gasteiger charge is 2.17. The minimum atomic E-state index is -0.290. The number of nitrogens with zero attached hydrogens (tertiary/aromatic N) is 2. The molecule has 0 aliphatic carbocycles. The molecule has 0 saturated heterocycles. The molecule has 0 fully saturated rings. The van der Waals surface area contributed by atoms with Crippen LogP contribution in [0.3, 0.4) is 0 Å². The van der Waals surface area contributed by atoms with Gasteiger partial charge < -0.3 is 9.73 Å². The first-order chi connectivity index (χ1) is 11.7. The van der Waals surface area contributed by atoms with Gasteiger partial charge in [-0.25, -0.2) is 9.37 Å². The summed E-state index contributed by atoms with van der Waals surface area (Å²) in [5.41, 5.74) is 2.61. The van der Waals surface area contributed by atoms with Gasteiger partial charge in [-0.1, -0.05) is 18.2 Å². The van der Waals surface area contributed by atoms with Gasteiger partial charge in [-0.15, -0.1) is 0 Å². The lowest BCUT2D eigenvalue weighted by Crippen LogP contribution is -2.06. The van der Waals surface area contributed by atoms with Crippen molar-refractivity contribution in [3.05, 3.63) is 60.1 Å². The van der Waals surface area contributed by atoms with Crippen molar-refractivity contribution in [3.8, 4) is 22.6 Å². The number of hydrogen-bond donors (Lipinski definition) is 1. The number of aromatic nitrogens is 1. The van der Waals surface area contributed by atoms with Gasteiger partial charge in [0.25, 0.3) is 0 Å². The average Bonchev–Trinajstić information content (AvgIpc) is 3.12. The van der Waals surface area contributed by atoms with Crippen LogP contribution in [0, 0.1) is 5.82 Å². The highest BCUT2D eigenvalue weighted by Crippen LogP contribution is 2.33. The predicted octanol–water partition coefficient (Wildman–Crippen LogP) is 4.63. The highest BCUT2D eigenvalue weighted by molar-refractivity contribution is 5.97. The number of benzene rings is 1. The Balaban J connectivity index is 2.29. The second-order valence-electron chi connectivity index (χ2n) is 5.19. The van der Waals surface area contributed by atoms with Crippen LogP contribution in [0.2, 0.25) is 0 Å². The first kappa shape index (κ1) is 15.9. The molecule has 1 N–H and O–H groups in total. The fraction of sp³-hybridized carbons (Fsp3) is 0.158. The van der Waals surface area contributed by atoms with Crippen LogP contribution in [0.4, 0.5) is 10.2 Å². The van der Waals surface area contributed by atoms with Crippen molar-refractivity contribution < 1.29 is 8.81 Å². The quantitative estimate of drug-likeness (QED) is 0.697. The lowest BCUT2D eigenvalue weighted by molar-refractivity contribution is 0.580. The third-order valence-electron chi connectivity index (χ3n) is 3.60. The van der Waals surface area contributed by atoms with Crippen LogP contribution in [0.5, 0.6) is 0 Å². The molecule has 4 nitrogen and oxygen atoms in total. The standard InChI is InChI=1S/C19H18FN3O/c1-3-22-19-15(12-21-2)14(13-7-4-5-8-16(13)20)11-17(23-19)18-9-6-10-24-18/h4-12H,3H2,1-2H3,(H,22,23). The van der Waals surface area contributed by atoms with Gasteiger partial charge in [0.05, 0.1) is 6.26 Å². The molecule has 0 aliphatic heterocycles. The summed E-state index contributed by atoms with van der Waals surface area (Å²) in [5, 5.41) is 3.23. The first-order valence-corrected chi connectivity index (χ1v) is 7.74. The smallest absolute Gasteiger partial charge is 0.152 e. The fourth-order valence-electron chi connectivity index (χ4n) is 2.57. The summed E-state index contributed by atoms with van der Waals surface area (Å²) >= 11 is 0. The van der Waals surface area contributed by atoms with E-state index < -0.39 is 0 Å². The summed E-state index contributed by atoms with van der Waals surface area (Å²) in [6.45, 7) is 2.67. The Kier molecular flexibility index (Phi) is 4.70. The van der Waals surface area contributed by atoms with Crippen molar-refractivity contribution in [1.82, 2.24) is 4.98 Å². The zero-order valence-corrected chi connectivity index (χ0v) is 13.6. The summed E-state index contributed by atoms with van der Waals surface area (Å²) in [7, 11) is 1.68. The van der Waals surface area contributed by atoms with Crippen LogP contribution >= 0.6 is 0 Å². The molecule has 2 heterocycles. The molecule has 5 heteroatoms. The van der Waals surface area contributed by atoms with E-state index in [0.717, 1.165) is 11.1 Å². The Morgan fingerprint density at radius 1 is 1.21 bits per heavy atom. The lowest BCUT2D eigenvalue weighted by Gasteiger charge is -2.14. The number of aliphatic imine (C=N–C) groups is 1. The van der Waals surface area contributed by atoms with E-state index in [1.165, 1.54) is 6.07 Å². The SMILES string of the molecule is CCNc1nc(-c2ccco2)cc(-c2ccccc2F)c1C=NC. The van der Waals surface area contributed by atoms with Gasteiger partial charge in [0.2, 0.25) is 0 Å². The van der Waals surface area contributed by atoms with E-state index in [1.807, 2.05) is 25.1 Å². The molecule has 24 heavy (non-hydrogen) atoms. The summed E-state index contributed by atoms with van der Waals surface area (Å²) in [6.07, 6.45) is 3.28. The van der Waals surface area contributed by atoms with Gasteiger partial charge in [-0.3, -0.25) is 4.99 Å². The van der Waals surface area contributed by atoms with Crippen molar-refractivity contribution in [2.24, 2.45) is 4.99 Å². The summed E-state index contributed by atoms with van der Waals surface area (Å²) in [4.78, 5) is 8.73. The molecule has 0 aliphatic rings. The number of rotatable bonds is 5. The molecule has 122 valence electrons. The van der Waals surface area contributed by atoms with Crippen molar-refractivity contribution in [2.75, 3.05) is 18.9 Å². The van der Waals surface area contributed by atoms with E-state index >= 15 is 0 Å². The van der Waals surface area contributed by atoms with Gasteiger partial charge in [-0.2, -0.15) is 0 Å². The first-order valence-electron chi connectivity index (χ1n) is 7.74. The second-order valence-corrected chi connectivity index (χ2v) is 5.19. The Hall–Kier alpha value is -2.95. The zero-order valence-electron chi connectivity index (χ0n) is 13.6. The van der Waals surface area contributed by atoms with E-state index in [-0.39, 0.29) is 5.82 Å².